The highest BCUT2D eigenvalue weighted by molar-refractivity contribution is 7.14. The van der Waals surface area contributed by atoms with Crippen LogP contribution >= 0.6 is 11.3 Å². The molecule has 0 aliphatic carbocycles. The maximum atomic E-state index is 13.0. The van der Waals surface area contributed by atoms with Crippen molar-refractivity contribution in [2.24, 2.45) is 0 Å². The number of benzene rings is 2. The van der Waals surface area contributed by atoms with Crippen LogP contribution in [0.15, 0.2) is 47.8 Å². The normalized spacial score (nSPS) is 11.9. The number of hydrogen-bond acceptors (Lipinski definition) is 7. The molecule has 2 aromatic carbocycles. The van der Waals surface area contributed by atoms with E-state index in [1.807, 2.05) is 49.4 Å². The Morgan fingerprint density at radius 2 is 2.07 bits per heavy atom. The third-order valence-corrected chi connectivity index (χ3v) is 5.33. The summed E-state index contributed by atoms with van der Waals surface area (Å²) in [6, 6.07) is 13.2. The van der Waals surface area contributed by atoms with Crippen molar-refractivity contribution in [1.29, 1.82) is 0 Å². The lowest BCUT2D eigenvalue weighted by Crippen LogP contribution is -2.30. The first-order valence-electron chi connectivity index (χ1n) is 9.21. The molecule has 0 spiro atoms. The summed E-state index contributed by atoms with van der Waals surface area (Å²) in [6.45, 7) is 3.14. The summed E-state index contributed by atoms with van der Waals surface area (Å²) in [5.41, 5.74) is 2.21. The van der Waals surface area contributed by atoms with Gasteiger partial charge in [0, 0.05) is 29.7 Å². The number of carbonyl (C=O) groups excluding carboxylic acids is 1. The fraction of sp³-hybridized carbons (Fsp3) is 0.238. The Bertz CT molecular complexity index is 1000. The maximum Gasteiger partial charge on any atom is 0.273 e. The molecule has 0 fully saturated rings. The smallest absolute Gasteiger partial charge is 0.273 e. The molecule has 0 saturated carbocycles. The molecule has 0 saturated heterocycles. The molecule has 7 nitrogen and oxygen atoms in total. The number of para-hydroxylation sites is 1. The van der Waals surface area contributed by atoms with Gasteiger partial charge in [0.15, 0.2) is 16.6 Å². The second kappa shape index (κ2) is 8.40. The van der Waals surface area contributed by atoms with Gasteiger partial charge >= 0.3 is 0 Å². The van der Waals surface area contributed by atoms with Crippen molar-refractivity contribution in [3.8, 4) is 17.2 Å². The lowest BCUT2D eigenvalue weighted by Gasteiger charge is -2.20. The van der Waals surface area contributed by atoms with Crippen LogP contribution in [0.25, 0.3) is 0 Å². The highest BCUT2D eigenvalue weighted by Crippen LogP contribution is 2.36. The number of hydrogen-bond donors (Lipinski definition) is 1. The Kier molecular flexibility index (Phi) is 5.53. The van der Waals surface area contributed by atoms with E-state index in [9.17, 15) is 4.79 Å². The van der Waals surface area contributed by atoms with Crippen molar-refractivity contribution >= 4 is 28.1 Å². The first-order valence-corrected chi connectivity index (χ1v) is 10.1. The summed E-state index contributed by atoms with van der Waals surface area (Å²) in [6.07, 6.45) is 0. The van der Waals surface area contributed by atoms with Crippen LogP contribution in [0.2, 0.25) is 0 Å². The van der Waals surface area contributed by atoms with E-state index in [0.717, 1.165) is 17.0 Å². The number of anilines is 2. The standard InChI is InChI=1S/C21H21N3O4S/c1-3-24(11-14-5-4-6-18-19(14)28-13-27-18)20(25)17-12-29-21(23-17)22-15-7-9-16(26-2)10-8-15/h4-10,12H,3,11,13H2,1-2H3,(H,22,23). The zero-order chi connectivity index (χ0) is 20.2. The molecule has 1 N–H and O–H groups in total. The minimum atomic E-state index is -0.122. The monoisotopic (exact) mass is 411 g/mol. The molecular formula is C21H21N3O4S. The van der Waals surface area contributed by atoms with Crippen LogP contribution in [0.4, 0.5) is 10.8 Å². The molecule has 1 amide bonds. The molecule has 1 aliphatic rings. The summed E-state index contributed by atoms with van der Waals surface area (Å²) in [7, 11) is 1.63. The summed E-state index contributed by atoms with van der Waals surface area (Å²) >= 11 is 1.39. The van der Waals surface area contributed by atoms with Crippen molar-refractivity contribution in [3.05, 3.63) is 59.1 Å². The van der Waals surface area contributed by atoms with Crippen LogP contribution < -0.4 is 19.5 Å². The lowest BCUT2D eigenvalue weighted by molar-refractivity contribution is 0.0746. The van der Waals surface area contributed by atoms with Gasteiger partial charge in [0.25, 0.3) is 5.91 Å². The van der Waals surface area contributed by atoms with Gasteiger partial charge in [-0.1, -0.05) is 12.1 Å². The SMILES string of the molecule is CCN(Cc1cccc2c1OCO2)C(=O)c1csc(Nc2ccc(OC)cc2)n1. The van der Waals surface area contributed by atoms with Gasteiger partial charge in [0.1, 0.15) is 11.4 Å². The predicted octanol–water partition coefficient (Wildman–Crippen LogP) is 4.29. The van der Waals surface area contributed by atoms with Gasteiger partial charge in [-0.05, 0) is 37.3 Å². The minimum absolute atomic E-state index is 0.122. The molecule has 0 atom stereocenters. The van der Waals surface area contributed by atoms with Crippen LogP contribution in [0.3, 0.4) is 0 Å². The van der Waals surface area contributed by atoms with E-state index < -0.39 is 0 Å². The van der Waals surface area contributed by atoms with Gasteiger partial charge in [-0.3, -0.25) is 4.79 Å². The maximum absolute atomic E-state index is 13.0. The number of methoxy groups -OCH3 is 1. The Balaban J connectivity index is 1.46. The molecule has 0 radical (unpaired) electrons. The fourth-order valence-electron chi connectivity index (χ4n) is 3.04. The molecule has 0 bridgehead atoms. The number of ether oxygens (including phenoxy) is 3. The molecule has 8 heteroatoms. The zero-order valence-electron chi connectivity index (χ0n) is 16.2. The van der Waals surface area contributed by atoms with Crippen LogP contribution in [-0.2, 0) is 6.54 Å². The third-order valence-electron chi connectivity index (χ3n) is 4.57. The minimum Gasteiger partial charge on any atom is -0.497 e. The number of carbonyl (C=O) groups is 1. The van der Waals surface area contributed by atoms with E-state index in [2.05, 4.69) is 10.3 Å². The molecular weight excluding hydrogens is 390 g/mol. The Labute approximate surface area is 172 Å². The number of fused-ring (bicyclic) bond motifs is 1. The van der Waals surface area contributed by atoms with E-state index in [1.54, 1.807) is 17.4 Å². The van der Waals surface area contributed by atoms with Gasteiger partial charge in [0.2, 0.25) is 6.79 Å². The van der Waals surface area contributed by atoms with Gasteiger partial charge in [-0.2, -0.15) is 0 Å². The largest absolute Gasteiger partial charge is 0.497 e. The Hall–Kier alpha value is -3.26. The van der Waals surface area contributed by atoms with Crippen molar-refractivity contribution in [2.75, 3.05) is 25.8 Å². The highest BCUT2D eigenvalue weighted by atomic mass is 32.1. The van der Waals surface area contributed by atoms with Crippen molar-refractivity contribution in [3.63, 3.8) is 0 Å². The van der Waals surface area contributed by atoms with Gasteiger partial charge in [-0.15, -0.1) is 11.3 Å². The van der Waals surface area contributed by atoms with Crippen molar-refractivity contribution < 1.29 is 19.0 Å². The molecule has 2 heterocycles. The number of aromatic nitrogens is 1. The first-order chi connectivity index (χ1) is 14.2. The van der Waals surface area contributed by atoms with Crippen LogP contribution in [-0.4, -0.2) is 36.2 Å². The lowest BCUT2D eigenvalue weighted by atomic mass is 10.1. The highest BCUT2D eigenvalue weighted by Gasteiger charge is 2.22. The van der Waals surface area contributed by atoms with E-state index >= 15 is 0 Å². The zero-order valence-corrected chi connectivity index (χ0v) is 17.0. The van der Waals surface area contributed by atoms with E-state index in [1.165, 1.54) is 11.3 Å². The van der Waals surface area contributed by atoms with Crippen LogP contribution in [0.1, 0.15) is 23.0 Å². The number of rotatable bonds is 7. The van der Waals surface area contributed by atoms with Gasteiger partial charge < -0.3 is 24.4 Å². The molecule has 1 aliphatic heterocycles. The van der Waals surface area contributed by atoms with E-state index in [0.29, 0.717) is 35.4 Å². The van der Waals surface area contributed by atoms with E-state index in [4.69, 9.17) is 14.2 Å². The Morgan fingerprint density at radius 1 is 1.24 bits per heavy atom. The quantitative estimate of drug-likeness (QED) is 0.625. The number of nitrogens with zero attached hydrogens (tertiary/aromatic N) is 2. The molecule has 0 unspecified atom stereocenters. The van der Waals surface area contributed by atoms with Crippen molar-refractivity contribution in [1.82, 2.24) is 9.88 Å². The summed E-state index contributed by atoms with van der Waals surface area (Å²) in [4.78, 5) is 19.2. The fourth-order valence-corrected chi connectivity index (χ4v) is 3.74. The molecule has 150 valence electrons. The van der Waals surface area contributed by atoms with Gasteiger partial charge in [0.05, 0.1) is 7.11 Å². The second-order valence-corrected chi connectivity index (χ2v) is 7.22. The molecule has 3 aromatic rings. The summed E-state index contributed by atoms with van der Waals surface area (Å²) in [5.74, 6) is 2.08. The summed E-state index contributed by atoms with van der Waals surface area (Å²) < 4.78 is 16.1. The third kappa shape index (κ3) is 4.12. The van der Waals surface area contributed by atoms with E-state index in [-0.39, 0.29) is 12.7 Å². The number of nitrogens with one attached hydrogen (secondary N) is 1. The average molecular weight is 411 g/mol. The first kappa shape index (κ1) is 19.1. The van der Waals surface area contributed by atoms with Crippen molar-refractivity contribution in [2.45, 2.75) is 13.5 Å². The predicted molar refractivity (Wildman–Crippen MR) is 111 cm³/mol. The Morgan fingerprint density at radius 3 is 2.83 bits per heavy atom. The summed E-state index contributed by atoms with van der Waals surface area (Å²) in [5, 5.41) is 5.64. The number of amides is 1. The number of thiazole rings is 1. The van der Waals surface area contributed by atoms with Crippen LogP contribution in [0, 0.1) is 0 Å². The van der Waals surface area contributed by atoms with Crippen LogP contribution in [0.5, 0.6) is 17.2 Å². The average Bonchev–Trinajstić information content (AvgIpc) is 3.42. The molecule has 29 heavy (non-hydrogen) atoms. The van der Waals surface area contributed by atoms with Gasteiger partial charge in [-0.25, -0.2) is 4.98 Å². The molecule has 1 aromatic heterocycles. The second-order valence-electron chi connectivity index (χ2n) is 6.36. The topological polar surface area (TPSA) is 72.9 Å². The molecule has 4 rings (SSSR count).